The fraction of sp³-hybridized carbons (Fsp3) is 0.933. The zero-order valence-electron chi connectivity index (χ0n) is 13.2. The third-order valence-electron chi connectivity index (χ3n) is 4.19. The second-order valence-corrected chi connectivity index (χ2v) is 5.80. The van der Waals surface area contributed by atoms with Gasteiger partial charge >= 0.3 is 0 Å². The molecule has 1 saturated heterocycles. The molecule has 4 atom stereocenters. The number of hydrogen-bond donors (Lipinski definition) is 4. The number of amides is 1. The molecule has 0 saturated carbocycles. The monoisotopic (exact) mass is 302 g/mol. The molecule has 0 bridgehead atoms. The molecule has 6 nitrogen and oxygen atoms in total. The molecule has 0 aromatic carbocycles. The molecule has 4 N–H and O–H groups in total. The van der Waals surface area contributed by atoms with Crippen molar-refractivity contribution in [3.63, 3.8) is 0 Å². The van der Waals surface area contributed by atoms with E-state index in [2.05, 4.69) is 19.2 Å². The molecule has 0 radical (unpaired) electrons. The summed E-state index contributed by atoms with van der Waals surface area (Å²) in [5.41, 5.74) is 0. The molecule has 124 valence electrons. The number of aliphatic hydroxyl groups is 3. The van der Waals surface area contributed by atoms with Crippen LogP contribution in [0.25, 0.3) is 0 Å². The van der Waals surface area contributed by atoms with E-state index in [1.54, 1.807) is 0 Å². The van der Waals surface area contributed by atoms with Crippen LogP contribution in [0.4, 0.5) is 0 Å². The molecule has 21 heavy (non-hydrogen) atoms. The smallest absolute Gasteiger partial charge is 0.221 e. The maximum atomic E-state index is 11.9. The van der Waals surface area contributed by atoms with Gasteiger partial charge in [-0.3, -0.25) is 9.69 Å². The van der Waals surface area contributed by atoms with E-state index in [-0.39, 0.29) is 18.9 Å². The van der Waals surface area contributed by atoms with Crippen molar-refractivity contribution in [3.05, 3.63) is 0 Å². The molecule has 1 amide bonds. The Morgan fingerprint density at radius 1 is 1.10 bits per heavy atom. The normalized spacial score (nSPS) is 29.8. The van der Waals surface area contributed by atoms with Gasteiger partial charge in [-0.05, 0) is 19.4 Å². The van der Waals surface area contributed by atoms with Gasteiger partial charge in [0.1, 0.15) is 0 Å². The van der Waals surface area contributed by atoms with Crippen LogP contribution in [0.2, 0.25) is 0 Å². The number of aliphatic hydroxyl groups excluding tert-OH is 3. The van der Waals surface area contributed by atoms with Crippen LogP contribution in [-0.4, -0.2) is 70.1 Å². The van der Waals surface area contributed by atoms with Gasteiger partial charge in [0.05, 0.1) is 24.9 Å². The number of nitrogens with zero attached hydrogens (tertiary/aromatic N) is 1. The van der Waals surface area contributed by atoms with E-state index in [9.17, 15) is 20.1 Å². The lowest BCUT2D eigenvalue weighted by atomic mass is 10.1. The largest absolute Gasteiger partial charge is 0.395 e. The summed E-state index contributed by atoms with van der Waals surface area (Å²) in [6.45, 7) is 5.21. The van der Waals surface area contributed by atoms with Crippen LogP contribution in [0.5, 0.6) is 0 Å². The molecular weight excluding hydrogens is 272 g/mol. The Labute approximate surface area is 127 Å². The summed E-state index contributed by atoms with van der Waals surface area (Å²) < 4.78 is 0. The van der Waals surface area contributed by atoms with Crippen LogP contribution >= 0.6 is 0 Å². The Hall–Kier alpha value is -0.690. The van der Waals surface area contributed by atoms with E-state index in [0.717, 1.165) is 25.7 Å². The molecule has 0 aromatic rings. The summed E-state index contributed by atoms with van der Waals surface area (Å²) >= 11 is 0. The van der Waals surface area contributed by atoms with Crippen LogP contribution in [0.1, 0.15) is 46.0 Å². The first kappa shape index (κ1) is 18.4. The number of carbonyl (C=O) groups is 1. The zero-order valence-corrected chi connectivity index (χ0v) is 13.2. The average Bonchev–Trinajstić information content (AvgIpc) is 2.69. The standard InChI is InChI=1S/C15H30N2O4/c1-3-5-7-16-13(19)9-11-14(20)15(21)12(10-18)17(11)8-6-4-2/h11-12,14-15,18,20-21H,3-10H2,1-2H3,(H,16,19). The Morgan fingerprint density at radius 2 is 1.71 bits per heavy atom. The lowest BCUT2D eigenvalue weighted by Gasteiger charge is -2.29. The number of nitrogens with one attached hydrogen (secondary N) is 1. The van der Waals surface area contributed by atoms with Gasteiger partial charge < -0.3 is 20.6 Å². The highest BCUT2D eigenvalue weighted by Crippen LogP contribution is 2.27. The van der Waals surface area contributed by atoms with Crippen molar-refractivity contribution in [1.82, 2.24) is 10.2 Å². The molecule has 0 aliphatic carbocycles. The van der Waals surface area contributed by atoms with Crippen LogP contribution in [-0.2, 0) is 4.79 Å². The van der Waals surface area contributed by atoms with Gasteiger partial charge in [0.15, 0.2) is 0 Å². The van der Waals surface area contributed by atoms with Gasteiger partial charge in [0.25, 0.3) is 0 Å². The minimum absolute atomic E-state index is 0.111. The van der Waals surface area contributed by atoms with Crippen molar-refractivity contribution in [2.75, 3.05) is 19.7 Å². The first-order valence-electron chi connectivity index (χ1n) is 8.06. The lowest BCUT2D eigenvalue weighted by Crippen LogP contribution is -2.44. The van der Waals surface area contributed by atoms with Crippen LogP contribution in [0.3, 0.4) is 0 Å². The third kappa shape index (κ3) is 4.92. The molecule has 1 fully saturated rings. The van der Waals surface area contributed by atoms with E-state index in [1.165, 1.54) is 0 Å². The maximum absolute atomic E-state index is 11.9. The minimum Gasteiger partial charge on any atom is -0.395 e. The SMILES string of the molecule is CCCCNC(=O)CC1C(O)C(O)C(CO)N1CCCC. The molecule has 0 aromatic heterocycles. The van der Waals surface area contributed by atoms with E-state index in [4.69, 9.17) is 0 Å². The fourth-order valence-corrected chi connectivity index (χ4v) is 2.88. The van der Waals surface area contributed by atoms with E-state index in [0.29, 0.717) is 13.1 Å². The summed E-state index contributed by atoms with van der Waals surface area (Å²) in [5.74, 6) is -0.111. The topological polar surface area (TPSA) is 93.0 Å². The Balaban J connectivity index is 2.64. The number of unbranched alkanes of at least 4 members (excludes halogenated alkanes) is 2. The molecule has 6 heteroatoms. The van der Waals surface area contributed by atoms with Gasteiger partial charge in [0, 0.05) is 19.0 Å². The van der Waals surface area contributed by atoms with Gasteiger partial charge in [0.2, 0.25) is 5.91 Å². The van der Waals surface area contributed by atoms with Gasteiger partial charge in [-0.1, -0.05) is 26.7 Å². The summed E-state index contributed by atoms with van der Waals surface area (Å²) in [6, 6.07) is -0.912. The molecular formula is C15H30N2O4. The predicted molar refractivity (Wildman–Crippen MR) is 80.8 cm³/mol. The summed E-state index contributed by atoms with van der Waals surface area (Å²) in [6.07, 6.45) is 2.00. The second kappa shape index (κ2) is 9.35. The molecule has 4 unspecified atom stereocenters. The van der Waals surface area contributed by atoms with Crippen molar-refractivity contribution in [3.8, 4) is 0 Å². The predicted octanol–water partition coefficient (Wildman–Crippen LogP) is -0.140. The summed E-state index contributed by atoms with van der Waals surface area (Å²) in [4.78, 5) is 13.8. The van der Waals surface area contributed by atoms with Crippen LogP contribution in [0, 0.1) is 0 Å². The Kier molecular flexibility index (Phi) is 8.18. The quantitative estimate of drug-likeness (QED) is 0.445. The second-order valence-electron chi connectivity index (χ2n) is 5.80. The summed E-state index contributed by atoms with van der Waals surface area (Å²) in [7, 11) is 0. The van der Waals surface area contributed by atoms with Gasteiger partial charge in [-0.2, -0.15) is 0 Å². The number of rotatable bonds is 9. The average molecular weight is 302 g/mol. The number of likely N-dealkylation sites (tertiary alicyclic amines) is 1. The Bertz CT molecular complexity index is 314. The van der Waals surface area contributed by atoms with E-state index >= 15 is 0 Å². The molecule has 1 aliphatic heterocycles. The number of hydrogen-bond acceptors (Lipinski definition) is 5. The van der Waals surface area contributed by atoms with Crippen molar-refractivity contribution in [1.29, 1.82) is 0 Å². The first-order chi connectivity index (χ1) is 10.1. The Morgan fingerprint density at radius 3 is 2.29 bits per heavy atom. The highest BCUT2D eigenvalue weighted by atomic mass is 16.3. The molecule has 1 rings (SSSR count). The third-order valence-corrected chi connectivity index (χ3v) is 4.19. The molecule has 1 aliphatic rings. The first-order valence-corrected chi connectivity index (χ1v) is 8.06. The lowest BCUT2D eigenvalue weighted by molar-refractivity contribution is -0.123. The maximum Gasteiger partial charge on any atom is 0.221 e. The van der Waals surface area contributed by atoms with E-state index < -0.39 is 24.3 Å². The van der Waals surface area contributed by atoms with Crippen molar-refractivity contribution >= 4 is 5.91 Å². The molecule has 1 heterocycles. The van der Waals surface area contributed by atoms with Gasteiger partial charge in [-0.15, -0.1) is 0 Å². The molecule has 0 spiro atoms. The van der Waals surface area contributed by atoms with E-state index in [1.807, 2.05) is 4.90 Å². The van der Waals surface area contributed by atoms with Gasteiger partial charge in [-0.25, -0.2) is 0 Å². The van der Waals surface area contributed by atoms with Crippen LogP contribution < -0.4 is 5.32 Å². The zero-order chi connectivity index (χ0) is 15.8. The highest BCUT2D eigenvalue weighted by Gasteiger charge is 2.47. The van der Waals surface area contributed by atoms with Crippen molar-refractivity contribution in [2.24, 2.45) is 0 Å². The minimum atomic E-state index is -1.000. The van der Waals surface area contributed by atoms with Crippen LogP contribution in [0.15, 0.2) is 0 Å². The highest BCUT2D eigenvalue weighted by molar-refractivity contribution is 5.76. The van der Waals surface area contributed by atoms with Crippen molar-refractivity contribution < 1.29 is 20.1 Å². The summed E-state index contributed by atoms with van der Waals surface area (Å²) in [5, 5.41) is 32.5. The number of carbonyl (C=O) groups excluding carboxylic acids is 1. The van der Waals surface area contributed by atoms with Crippen molar-refractivity contribution in [2.45, 2.75) is 70.2 Å². The fourth-order valence-electron chi connectivity index (χ4n) is 2.88.